The van der Waals surface area contributed by atoms with Gasteiger partial charge < -0.3 is 10.6 Å². The Balaban J connectivity index is 1.81. The van der Waals surface area contributed by atoms with Gasteiger partial charge in [-0.3, -0.25) is 9.59 Å². The van der Waals surface area contributed by atoms with Crippen LogP contribution >= 0.6 is 11.3 Å². The lowest BCUT2D eigenvalue weighted by Crippen LogP contribution is -2.43. The van der Waals surface area contributed by atoms with Crippen LogP contribution < -0.4 is 10.6 Å². The molecule has 2 atom stereocenters. The fourth-order valence-electron chi connectivity index (χ4n) is 2.90. The van der Waals surface area contributed by atoms with Crippen LogP contribution in [0.25, 0.3) is 0 Å². The van der Waals surface area contributed by atoms with Gasteiger partial charge in [0.15, 0.2) is 0 Å². The predicted molar refractivity (Wildman–Crippen MR) is 96.0 cm³/mol. The highest BCUT2D eigenvalue weighted by Gasteiger charge is 2.29. The molecule has 0 saturated carbocycles. The first-order chi connectivity index (χ1) is 11.5. The Bertz CT molecular complexity index is 707. The second-order valence-electron chi connectivity index (χ2n) is 6.44. The number of benzene rings is 1. The van der Waals surface area contributed by atoms with Gasteiger partial charge in [-0.25, -0.2) is 0 Å². The number of carbonyl (C=O) groups is 2. The van der Waals surface area contributed by atoms with Gasteiger partial charge in [0.2, 0.25) is 11.8 Å². The van der Waals surface area contributed by atoms with E-state index in [-0.39, 0.29) is 17.9 Å². The highest BCUT2D eigenvalue weighted by molar-refractivity contribution is 7.10. The molecule has 126 valence electrons. The Hall–Kier alpha value is -2.14. The summed E-state index contributed by atoms with van der Waals surface area (Å²) in [6, 6.07) is 11.8. The van der Waals surface area contributed by atoms with E-state index in [2.05, 4.69) is 48.7 Å². The van der Waals surface area contributed by atoms with Gasteiger partial charge >= 0.3 is 0 Å². The minimum atomic E-state index is -0.421. The molecule has 1 aliphatic heterocycles. The lowest BCUT2D eigenvalue weighted by Gasteiger charge is -2.21. The summed E-state index contributed by atoms with van der Waals surface area (Å²) in [5.41, 5.74) is 2.33. The van der Waals surface area contributed by atoms with E-state index in [1.807, 2.05) is 17.5 Å². The molecule has 1 aromatic carbocycles. The zero-order valence-corrected chi connectivity index (χ0v) is 14.7. The minimum Gasteiger partial charge on any atom is -0.344 e. The zero-order valence-electron chi connectivity index (χ0n) is 13.9. The Morgan fingerprint density at radius 1 is 1.21 bits per heavy atom. The maximum atomic E-state index is 12.5. The quantitative estimate of drug-likeness (QED) is 0.875. The highest BCUT2D eigenvalue weighted by atomic mass is 32.1. The molecule has 3 rings (SSSR count). The van der Waals surface area contributed by atoms with Crippen LogP contribution in [0.15, 0.2) is 41.8 Å². The van der Waals surface area contributed by atoms with E-state index < -0.39 is 6.04 Å². The number of hydrogen-bond acceptors (Lipinski definition) is 3. The summed E-state index contributed by atoms with van der Waals surface area (Å²) in [4.78, 5) is 25.0. The molecule has 1 saturated heterocycles. The Labute approximate surface area is 146 Å². The summed E-state index contributed by atoms with van der Waals surface area (Å²) in [5, 5.41) is 7.84. The van der Waals surface area contributed by atoms with Crippen LogP contribution in [0.3, 0.4) is 0 Å². The number of nitrogens with one attached hydrogen (secondary N) is 2. The van der Waals surface area contributed by atoms with Crippen LogP contribution in [0, 0.1) is 0 Å². The van der Waals surface area contributed by atoms with Crippen LogP contribution in [0.5, 0.6) is 0 Å². The van der Waals surface area contributed by atoms with E-state index in [1.54, 1.807) is 11.3 Å². The predicted octanol–water partition coefficient (Wildman–Crippen LogP) is 3.36. The van der Waals surface area contributed by atoms with E-state index in [1.165, 1.54) is 5.56 Å². The van der Waals surface area contributed by atoms with Crippen molar-refractivity contribution < 1.29 is 9.59 Å². The molecule has 2 N–H and O–H groups in total. The fraction of sp³-hybridized carbons (Fsp3) is 0.368. The standard InChI is InChI=1S/C19H22N2O2S/c1-12(2)13-5-7-14(8-6-13)18(16-4-3-11-24-16)21-19(23)15-9-10-17(22)20-15/h3-8,11-12,15,18H,9-10H2,1-2H3,(H,20,22)(H,21,23)/t15-,18?/m0/s1. The second kappa shape index (κ2) is 7.18. The fourth-order valence-corrected chi connectivity index (χ4v) is 3.70. The van der Waals surface area contributed by atoms with Gasteiger partial charge in [-0.1, -0.05) is 44.2 Å². The molecule has 2 amide bonds. The van der Waals surface area contributed by atoms with Crippen LogP contribution in [0.4, 0.5) is 0 Å². The molecular weight excluding hydrogens is 320 g/mol. The first-order valence-electron chi connectivity index (χ1n) is 8.27. The van der Waals surface area contributed by atoms with Crippen molar-refractivity contribution in [3.63, 3.8) is 0 Å². The minimum absolute atomic E-state index is 0.0518. The van der Waals surface area contributed by atoms with E-state index in [0.717, 1.165) is 10.4 Å². The molecular formula is C19H22N2O2S. The van der Waals surface area contributed by atoms with Gasteiger partial charge in [0.05, 0.1) is 6.04 Å². The molecule has 1 aromatic heterocycles. The third-order valence-corrected chi connectivity index (χ3v) is 5.30. The molecule has 1 aliphatic rings. The molecule has 24 heavy (non-hydrogen) atoms. The third kappa shape index (κ3) is 3.67. The van der Waals surface area contributed by atoms with Crippen molar-refractivity contribution in [1.82, 2.24) is 10.6 Å². The van der Waals surface area contributed by atoms with Crippen molar-refractivity contribution in [1.29, 1.82) is 0 Å². The molecule has 0 spiro atoms. The van der Waals surface area contributed by atoms with E-state index in [4.69, 9.17) is 0 Å². The summed E-state index contributed by atoms with van der Waals surface area (Å²) < 4.78 is 0. The lowest BCUT2D eigenvalue weighted by molar-refractivity contribution is -0.126. The van der Waals surface area contributed by atoms with E-state index >= 15 is 0 Å². The van der Waals surface area contributed by atoms with E-state index in [9.17, 15) is 9.59 Å². The lowest BCUT2D eigenvalue weighted by atomic mass is 9.98. The maximum Gasteiger partial charge on any atom is 0.243 e. The van der Waals surface area contributed by atoms with Gasteiger partial charge in [0, 0.05) is 11.3 Å². The number of carbonyl (C=O) groups excluding carboxylic acids is 2. The van der Waals surface area contributed by atoms with Gasteiger partial charge in [-0.05, 0) is 34.9 Å². The molecule has 0 bridgehead atoms. The average molecular weight is 342 g/mol. The van der Waals surface area contributed by atoms with Crippen molar-refractivity contribution in [2.24, 2.45) is 0 Å². The molecule has 1 fully saturated rings. The molecule has 4 nitrogen and oxygen atoms in total. The Morgan fingerprint density at radius 2 is 1.92 bits per heavy atom. The normalized spacial score (nSPS) is 18.5. The van der Waals surface area contributed by atoms with Gasteiger partial charge in [0.1, 0.15) is 6.04 Å². The Kier molecular flexibility index (Phi) is 5.00. The third-order valence-electron chi connectivity index (χ3n) is 4.36. The zero-order chi connectivity index (χ0) is 17.1. The molecule has 1 unspecified atom stereocenters. The summed E-state index contributed by atoms with van der Waals surface area (Å²) in [7, 11) is 0. The van der Waals surface area contributed by atoms with E-state index in [0.29, 0.717) is 18.8 Å². The van der Waals surface area contributed by atoms with Gasteiger partial charge in [-0.2, -0.15) is 0 Å². The highest BCUT2D eigenvalue weighted by Crippen LogP contribution is 2.28. The number of rotatable bonds is 5. The SMILES string of the molecule is CC(C)c1ccc(C(NC(=O)[C@@H]2CCC(=O)N2)c2cccs2)cc1. The van der Waals surface area contributed by atoms with Crippen molar-refractivity contribution in [2.75, 3.05) is 0 Å². The molecule has 2 heterocycles. The average Bonchev–Trinajstić information content (AvgIpc) is 3.24. The van der Waals surface area contributed by atoms with Gasteiger partial charge in [0.25, 0.3) is 0 Å². The Morgan fingerprint density at radius 3 is 2.46 bits per heavy atom. The number of hydrogen-bond donors (Lipinski definition) is 2. The smallest absolute Gasteiger partial charge is 0.243 e. The summed E-state index contributed by atoms with van der Waals surface area (Å²) >= 11 is 1.62. The molecule has 0 radical (unpaired) electrons. The largest absolute Gasteiger partial charge is 0.344 e. The van der Waals surface area contributed by atoms with Crippen LogP contribution in [0.2, 0.25) is 0 Å². The summed E-state index contributed by atoms with van der Waals surface area (Å²) in [6.45, 7) is 4.33. The van der Waals surface area contributed by atoms with Crippen LogP contribution in [0.1, 0.15) is 54.7 Å². The number of amides is 2. The first kappa shape index (κ1) is 16.7. The summed E-state index contributed by atoms with van der Waals surface area (Å²) in [5.74, 6) is 0.304. The number of thiophene rings is 1. The summed E-state index contributed by atoms with van der Waals surface area (Å²) in [6.07, 6.45) is 0.985. The van der Waals surface area contributed by atoms with Crippen molar-refractivity contribution >= 4 is 23.2 Å². The van der Waals surface area contributed by atoms with Crippen LogP contribution in [-0.4, -0.2) is 17.9 Å². The van der Waals surface area contributed by atoms with Crippen LogP contribution in [-0.2, 0) is 9.59 Å². The topological polar surface area (TPSA) is 58.2 Å². The first-order valence-corrected chi connectivity index (χ1v) is 9.15. The van der Waals surface area contributed by atoms with Crippen molar-refractivity contribution in [2.45, 2.75) is 44.7 Å². The van der Waals surface area contributed by atoms with Crippen molar-refractivity contribution in [3.05, 3.63) is 57.8 Å². The van der Waals surface area contributed by atoms with Crippen molar-refractivity contribution in [3.8, 4) is 0 Å². The van der Waals surface area contributed by atoms with Gasteiger partial charge in [-0.15, -0.1) is 11.3 Å². The maximum absolute atomic E-state index is 12.5. The molecule has 2 aromatic rings. The monoisotopic (exact) mass is 342 g/mol. The second-order valence-corrected chi connectivity index (χ2v) is 7.42. The molecule has 0 aliphatic carbocycles. The molecule has 5 heteroatoms.